The number of nitrogens with zero attached hydrogens (tertiary/aromatic N) is 4. The molecule has 31 heavy (non-hydrogen) atoms. The molecule has 0 unspecified atom stereocenters. The SMILES string of the molecule is CN(Cc1cccnc1)Cc1cn(Cc2ccccc2)nc1-c1ccc2c(c1)OCO2. The Morgan fingerprint density at radius 3 is 2.61 bits per heavy atom. The van der Waals surface area contributed by atoms with Crippen molar-refractivity contribution in [3.63, 3.8) is 0 Å². The highest BCUT2D eigenvalue weighted by Gasteiger charge is 2.18. The molecule has 0 saturated heterocycles. The summed E-state index contributed by atoms with van der Waals surface area (Å²) in [6, 6.07) is 20.5. The first-order valence-electron chi connectivity index (χ1n) is 10.3. The number of benzene rings is 2. The minimum Gasteiger partial charge on any atom is -0.454 e. The Morgan fingerprint density at radius 2 is 1.77 bits per heavy atom. The first-order chi connectivity index (χ1) is 15.2. The van der Waals surface area contributed by atoms with E-state index in [0.717, 1.165) is 42.4 Å². The third-order valence-electron chi connectivity index (χ3n) is 5.29. The molecule has 1 aliphatic heterocycles. The van der Waals surface area contributed by atoms with Crippen LogP contribution >= 0.6 is 0 Å². The maximum Gasteiger partial charge on any atom is 0.231 e. The summed E-state index contributed by atoms with van der Waals surface area (Å²) in [6.07, 6.45) is 5.86. The first-order valence-corrected chi connectivity index (χ1v) is 10.3. The van der Waals surface area contributed by atoms with Crippen LogP contribution in [-0.4, -0.2) is 33.5 Å². The number of hydrogen-bond acceptors (Lipinski definition) is 5. The molecule has 0 N–H and O–H groups in total. The highest BCUT2D eigenvalue weighted by Crippen LogP contribution is 2.36. The Hall–Kier alpha value is -3.64. The van der Waals surface area contributed by atoms with Crippen LogP contribution in [0.5, 0.6) is 11.5 Å². The summed E-state index contributed by atoms with van der Waals surface area (Å²) in [7, 11) is 2.12. The van der Waals surface area contributed by atoms with Crippen LogP contribution in [0.4, 0.5) is 0 Å². The second-order valence-electron chi connectivity index (χ2n) is 7.79. The van der Waals surface area contributed by atoms with Gasteiger partial charge in [-0.15, -0.1) is 0 Å². The van der Waals surface area contributed by atoms with Gasteiger partial charge in [-0.1, -0.05) is 36.4 Å². The Labute approximate surface area is 181 Å². The van der Waals surface area contributed by atoms with E-state index in [4.69, 9.17) is 14.6 Å². The minimum absolute atomic E-state index is 0.266. The van der Waals surface area contributed by atoms with Gasteiger partial charge >= 0.3 is 0 Å². The lowest BCUT2D eigenvalue weighted by Crippen LogP contribution is -2.17. The van der Waals surface area contributed by atoms with E-state index in [2.05, 4.69) is 53.5 Å². The van der Waals surface area contributed by atoms with Crippen LogP contribution < -0.4 is 9.47 Å². The van der Waals surface area contributed by atoms with Crippen molar-refractivity contribution in [3.05, 3.63) is 95.9 Å². The molecule has 3 heterocycles. The fraction of sp³-hybridized carbons (Fsp3) is 0.200. The van der Waals surface area contributed by atoms with Crippen molar-refractivity contribution in [2.75, 3.05) is 13.8 Å². The van der Waals surface area contributed by atoms with E-state index < -0.39 is 0 Å². The predicted octanol–water partition coefficient (Wildman–Crippen LogP) is 4.35. The van der Waals surface area contributed by atoms with Gasteiger partial charge in [-0.25, -0.2) is 0 Å². The number of aromatic nitrogens is 3. The number of ether oxygens (including phenoxy) is 2. The normalized spacial score (nSPS) is 12.5. The van der Waals surface area contributed by atoms with Gasteiger partial charge in [0, 0.05) is 42.8 Å². The number of fused-ring (bicyclic) bond motifs is 1. The number of rotatable bonds is 7. The van der Waals surface area contributed by atoms with E-state index in [0.29, 0.717) is 0 Å². The van der Waals surface area contributed by atoms with Gasteiger partial charge in [0.25, 0.3) is 0 Å². The fourth-order valence-corrected chi connectivity index (χ4v) is 3.87. The predicted molar refractivity (Wildman–Crippen MR) is 119 cm³/mol. The zero-order valence-electron chi connectivity index (χ0n) is 17.4. The number of pyridine rings is 1. The van der Waals surface area contributed by atoms with Crippen molar-refractivity contribution in [1.82, 2.24) is 19.7 Å². The standard InChI is InChI=1S/C25H24N4O2/c1-28(14-20-8-5-11-26-13-20)16-22-17-29(15-19-6-3-2-4-7-19)27-25(22)21-9-10-23-24(12-21)31-18-30-23/h2-13,17H,14-16,18H2,1H3. The van der Waals surface area contributed by atoms with Crippen LogP contribution in [0.3, 0.4) is 0 Å². The van der Waals surface area contributed by atoms with Crippen molar-refractivity contribution in [2.45, 2.75) is 19.6 Å². The van der Waals surface area contributed by atoms with Crippen LogP contribution in [0.15, 0.2) is 79.3 Å². The minimum atomic E-state index is 0.266. The lowest BCUT2D eigenvalue weighted by molar-refractivity contribution is 0.174. The first kappa shape index (κ1) is 19.3. The second kappa shape index (κ2) is 8.62. The molecule has 2 aromatic carbocycles. The van der Waals surface area contributed by atoms with Crippen molar-refractivity contribution in [1.29, 1.82) is 0 Å². The molecule has 0 amide bonds. The molecule has 0 aliphatic carbocycles. The quantitative estimate of drug-likeness (QED) is 0.452. The van der Waals surface area contributed by atoms with Crippen LogP contribution in [-0.2, 0) is 19.6 Å². The maximum absolute atomic E-state index is 5.59. The topological polar surface area (TPSA) is 52.4 Å². The molecule has 156 valence electrons. The molecule has 0 fully saturated rings. The second-order valence-corrected chi connectivity index (χ2v) is 7.79. The molecule has 0 atom stereocenters. The summed E-state index contributed by atoms with van der Waals surface area (Å²) in [4.78, 5) is 6.50. The van der Waals surface area contributed by atoms with Crippen molar-refractivity contribution < 1.29 is 9.47 Å². The molecule has 1 aliphatic rings. The van der Waals surface area contributed by atoms with Crippen LogP contribution in [0.2, 0.25) is 0 Å². The summed E-state index contributed by atoms with van der Waals surface area (Å²) in [5.41, 5.74) is 5.57. The van der Waals surface area contributed by atoms with Crippen molar-refractivity contribution in [2.24, 2.45) is 0 Å². The van der Waals surface area contributed by atoms with Gasteiger partial charge in [-0.2, -0.15) is 5.10 Å². The molecule has 2 aromatic heterocycles. The maximum atomic E-state index is 5.59. The molecule has 0 bridgehead atoms. The molecule has 0 saturated carbocycles. The third-order valence-corrected chi connectivity index (χ3v) is 5.29. The largest absolute Gasteiger partial charge is 0.454 e. The summed E-state index contributed by atoms with van der Waals surface area (Å²) < 4.78 is 13.1. The Balaban J connectivity index is 1.44. The van der Waals surface area contributed by atoms with Crippen molar-refractivity contribution in [3.8, 4) is 22.8 Å². The molecule has 0 radical (unpaired) electrons. The summed E-state index contributed by atoms with van der Waals surface area (Å²) in [6.45, 7) is 2.58. The molecule has 4 aromatic rings. The molecule has 5 rings (SSSR count). The third kappa shape index (κ3) is 4.44. The van der Waals surface area contributed by atoms with E-state index in [1.807, 2.05) is 41.2 Å². The molecule has 0 spiro atoms. The highest BCUT2D eigenvalue weighted by atomic mass is 16.7. The summed E-state index contributed by atoms with van der Waals surface area (Å²) >= 11 is 0. The Bertz CT molecular complexity index is 1160. The average molecular weight is 412 g/mol. The van der Waals surface area contributed by atoms with E-state index in [9.17, 15) is 0 Å². The fourth-order valence-electron chi connectivity index (χ4n) is 3.87. The summed E-state index contributed by atoms with van der Waals surface area (Å²) in [5.74, 6) is 1.55. The average Bonchev–Trinajstić information content (AvgIpc) is 3.41. The number of hydrogen-bond donors (Lipinski definition) is 0. The molecule has 6 nitrogen and oxygen atoms in total. The molecule has 6 heteroatoms. The molecular weight excluding hydrogens is 388 g/mol. The zero-order chi connectivity index (χ0) is 21.0. The Morgan fingerprint density at radius 1 is 0.935 bits per heavy atom. The monoisotopic (exact) mass is 412 g/mol. The lowest BCUT2D eigenvalue weighted by atomic mass is 10.1. The lowest BCUT2D eigenvalue weighted by Gasteiger charge is -2.16. The van der Waals surface area contributed by atoms with Crippen molar-refractivity contribution >= 4 is 0 Å². The van der Waals surface area contributed by atoms with Gasteiger partial charge in [0.1, 0.15) is 0 Å². The van der Waals surface area contributed by atoms with Gasteiger partial charge in [0.05, 0.1) is 12.2 Å². The van der Waals surface area contributed by atoms with E-state index >= 15 is 0 Å². The van der Waals surface area contributed by atoms with Crippen LogP contribution in [0, 0.1) is 0 Å². The van der Waals surface area contributed by atoms with Gasteiger partial charge in [-0.05, 0) is 42.4 Å². The highest BCUT2D eigenvalue weighted by molar-refractivity contribution is 5.67. The molecular formula is C25H24N4O2. The Kier molecular flexibility index (Phi) is 5.37. The zero-order valence-corrected chi connectivity index (χ0v) is 17.4. The smallest absolute Gasteiger partial charge is 0.231 e. The van der Waals surface area contributed by atoms with Gasteiger partial charge < -0.3 is 9.47 Å². The van der Waals surface area contributed by atoms with E-state index in [1.54, 1.807) is 6.20 Å². The van der Waals surface area contributed by atoms with Gasteiger partial charge in [0.15, 0.2) is 11.5 Å². The van der Waals surface area contributed by atoms with Crippen LogP contribution in [0.25, 0.3) is 11.3 Å². The van der Waals surface area contributed by atoms with Crippen LogP contribution in [0.1, 0.15) is 16.7 Å². The summed E-state index contributed by atoms with van der Waals surface area (Å²) in [5, 5.41) is 4.94. The van der Waals surface area contributed by atoms with Gasteiger partial charge in [-0.3, -0.25) is 14.6 Å². The van der Waals surface area contributed by atoms with Gasteiger partial charge in [0.2, 0.25) is 6.79 Å². The van der Waals surface area contributed by atoms with E-state index in [-0.39, 0.29) is 6.79 Å². The van der Waals surface area contributed by atoms with E-state index in [1.165, 1.54) is 16.7 Å².